The number of anilines is 1. The number of nitrogens with zero attached hydrogens (tertiary/aromatic N) is 4. The van der Waals surface area contributed by atoms with Crippen LogP contribution in [-0.2, 0) is 4.74 Å². The SMILES string of the molecule is COCCNc1ccc2nnc(-c3ccc(F)cc3)n2n1. The molecule has 0 unspecified atom stereocenters. The van der Waals surface area contributed by atoms with Crippen molar-refractivity contribution in [3.05, 3.63) is 42.2 Å². The molecule has 2 heterocycles. The molecule has 0 aliphatic carbocycles. The molecule has 0 spiro atoms. The van der Waals surface area contributed by atoms with Crippen LogP contribution in [0.4, 0.5) is 10.2 Å². The lowest BCUT2D eigenvalue weighted by Crippen LogP contribution is -2.10. The van der Waals surface area contributed by atoms with Gasteiger partial charge in [0.2, 0.25) is 0 Å². The molecule has 7 heteroatoms. The van der Waals surface area contributed by atoms with Crippen molar-refractivity contribution in [1.82, 2.24) is 19.8 Å². The molecule has 1 N–H and O–H groups in total. The molecule has 3 aromatic rings. The van der Waals surface area contributed by atoms with E-state index in [9.17, 15) is 4.39 Å². The summed E-state index contributed by atoms with van der Waals surface area (Å²) in [6, 6.07) is 9.72. The number of nitrogens with one attached hydrogen (secondary N) is 1. The van der Waals surface area contributed by atoms with Gasteiger partial charge < -0.3 is 10.1 Å². The Morgan fingerprint density at radius 2 is 1.95 bits per heavy atom. The average molecular weight is 287 g/mol. The maximum atomic E-state index is 13.0. The van der Waals surface area contributed by atoms with Crippen LogP contribution in [0, 0.1) is 5.82 Å². The Morgan fingerprint density at radius 1 is 1.14 bits per heavy atom. The van der Waals surface area contributed by atoms with E-state index in [0.717, 1.165) is 5.56 Å². The summed E-state index contributed by atoms with van der Waals surface area (Å²) in [5.74, 6) is 0.977. The molecule has 0 fully saturated rings. The van der Waals surface area contributed by atoms with Gasteiger partial charge in [0.25, 0.3) is 0 Å². The number of methoxy groups -OCH3 is 1. The zero-order valence-electron chi connectivity index (χ0n) is 11.5. The summed E-state index contributed by atoms with van der Waals surface area (Å²) in [6.07, 6.45) is 0. The third kappa shape index (κ3) is 2.82. The van der Waals surface area contributed by atoms with Crippen molar-refractivity contribution in [1.29, 1.82) is 0 Å². The zero-order chi connectivity index (χ0) is 14.7. The highest BCUT2D eigenvalue weighted by atomic mass is 19.1. The summed E-state index contributed by atoms with van der Waals surface area (Å²) in [7, 11) is 1.64. The van der Waals surface area contributed by atoms with Crippen molar-refractivity contribution in [2.45, 2.75) is 0 Å². The predicted octanol–water partition coefficient (Wildman–Crippen LogP) is 1.99. The van der Waals surface area contributed by atoms with E-state index in [1.165, 1.54) is 12.1 Å². The van der Waals surface area contributed by atoms with Crippen molar-refractivity contribution < 1.29 is 9.13 Å². The van der Waals surface area contributed by atoms with Crippen LogP contribution in [0.3, 0.4) is 0 Å². The van der Waals surface area contributed by atoms with E-state index in [0.29, 0.717) is 30.4 Å². The molecular formula is C14H14FN5O. The molecule has 0 aliphatic heterocycles. The van der Waals surface area contributed by atoms with Gasteiger partial charge in [0.1, 0.15) is 11.6 Å². The van der Waals surface area contributed by atoms with Gasteiger partial charge in [0.15, 0.2) is 11.5 Å². The Balaban J connectivity index is 1.95. The van der Waals surface area contributed by atoms with Gasteiger partial charge in [-0.15, -0.1) is 15.3 Å². The predicted molar refractivity (Wildman–Crippen MR) is 76.5 cm³/mol. The largest absolute Gasteiger partial charge is 0.383 e. The molecule has 1 aromatic carbocycles. The fourth-order valence-corrected chi connectivity index (χ4v) is 1.94. The van der Waals surface area contributed by atoms with Crippen LogP contribution in [0.25, 0.3) is 17.0 Å². The van der Waals surface area contributed by atoms with Crippen molar-refractivity contribution >= 4 is 11.5 Å². The van der Waals surface area contributed by atoms with Crippen molar-refractivity contribution in [3.63, 3.8) is 0 Å². The van der Waals surface area contributed by atoms with Crippen LogP contribution in [0.5, 0.6) is 0 Å². The van der Waals surface area contributed by atoms with Crippen LogP contribution in [0.2, 0.25) is 0 Å². The van der Waals surface area contributed by atoms with Crippen LogP contribution in [-0.4, -0.2) is 40.1 Å². The molecule has 0 bridgehead atoms. The van der Waals surface area contributed by atoms with Crippen LogP contribution in [0.1, 0.15) is 0 Å². The molecular weight excluding hydrogens is 273 g/mol. The summed E-state index contributed by atoms with van der Waals surface area (Å²) >= 11 is 0. The Bertz CT molecular complexity index is 741. The van der Waals surface area contributed by atoms with Crippen molar-refractivity contribution in [3.8, 4) is 11.4 Å². The van der Waals surface area contributed by atoms with Gasteiger partial charge in [-0.05, 0) is 36.4 Å². The van der Waals surface area contributed by atoms with Crippen LogP contribution < -0.4 is 5.32 Å². The van der Waals surface area contributed by atoms with Crippen LogP contribution >= 0.6 is 0 Å². The van der Waals surface area contributed by atoms with Gasteiger partial charge in [-0.1, -0.05) is 0 Å². The lowest BCUT2D eigenvalue weighted by Gasteiger charge is -2.05. The summed E-state index contributed by atoms with van der Waals surface area (Å²) in [6.45, 7) is 1.25. The third-order valence-electron chi connectivity index (χ3n) is 2.98. The van der Waals surface area contributed by atoms with Gasteiger partial charge in [0, 0.05) is 19.2 Å². The number of fused-ring (bicyclic) bond motifs is 1. The Hall–Kier alpha value is -2.54. The minimum Gasteiger partial charge on any atom is -0.383 e. The summed E-state index contributed by atoms with van der Waals surface area (Å²) in [5.41, 5.74) is 1.39. The van der Waals surface area contributed by atoms with E-state index in [4.69, 9.17) is 4.74 Å². The summed E-state index contributed by atoms with van der Waals surface area (Å²) in [4.78, 5) is 0. The van der Waals surface area contributed by atoms with Gasteiger partial charge >= 0.3 is 0 Å². The average Bonchev–Trinajstić information content (AvgIpc) is 2.92. The highest BCUT2D eigenvalue weighted by Gasteiger charge is 2.09. The van der Waals surface area contributed by atoms with E-state index < -0.39 is 0 Å². The van der Waals surface area contributed by atoms with Gasteiger partial charge in [-0.3, -0.25) is 0 Å². The number of ether oxygens (including phenoxy) is 1. The molecule has 6 nitrogen and oxygen atoms in total. The lowest BCUT2D eigenvalue weighted by atomic mass is 10.2. The minimum absolute atomic E-state index is 0.289. The Morgan fingerprint density at radius 3 is 2.71 bits per heavy atom. The highest BCUT2D eigenvalue weighted by molar-refractivity contribution is 5.59. The number of halogens is 1. The highest BCUT2D eigenvalue weighted by Crippen LogP contribution is 2.18. The molecule has 0 radical (unpaired) electrons. The van der Waals surface area contributed by atoms with E-state index in [1.807, 2.05) is 12.1 Å². The second-order valence-corrected chi connectivity index (χ2v) is 4.44. The van der Waals surface area contributed by atoms with Gasteiger partial charge in [0.05, 0.1) is 6.61 Å². The minimum atomic E-state index is -0.289. The maximum absolute atomic E-state index is 13.0. The molecule has 0 saturated carbocycles. The molecule has 108 valence electrons. The molecule has 0 saturated heterocycles. The first-order valence-corrected chi connectivity index (χ1v) is 6.49. The van der Waals surface area contributed by atoms with Crippen molar-refractivity contribution in [2.24, 2.45) is 0 Å². The third-order valence-corrected chi connectivity index (χ3v) is 2.98. The van der Waals surface area contributed by atoms with Gasteiger partial charge in [-0.25, -0.2) is 4.39 Å². The fourth-order valence-electron chi connectivity index (χ4n) is 1.94. The number of hydrogen-bond donors (Lipinski definition) is 1. The first kappa shape index (κ1) is 13.4. The monoisotopic (exact) mass is 287 g/mol. The molecule has 0 aliphatic rings. The molecule has 0 atom stereocenters. The van der Waals surface area contributed by atoms with Gasteiger partial charge in [-0.2, -0.15) is 4.52 Å². The molecule has 0 amide bonds. The van der Waals surface area contributed by atoms with Crippen molar-refractivity contribution in [2.75, 3.05) is 25.6 Å². The quantitative estimate of drug-likeness (QED) is 0.727. The normalized spacial score (nSPS) is 11.0. The molecule has 21 heavy (non-hydrogen) atoms. The number of aromatic nitrogens is 4. The van der Waals surface area contributed by atoms with E-state index in [1.54, 1.807) is 23.8 Å². The van der Waals surface area contributed by atoms with E-state index >= 15 is 0 Å². The van der Waals surface area contributed by atoms with E-state index in [2.05, 4.69) is 20.6 Å². The number of benzene rings is 1. The topological polar surface area (TPSA) is 64.3 Å². The maximum Gasteiger partial charge on any atom is 0.185 e. The standard InChI is InChI=1S/C14H14FN5O/c1-21-9-8-16-12-6-7-13-17-18-14(20(13)19-12)10-2-4-11(15)5-3-10/h2-7H,8-9H2,1H3,(H,16,19). The fraction of sp³-hybridized carbons (Fsp3) is 0.214. The first-order chi connectivity index (χ1) is 10.3. The Kier molecular flexibility index (Phi) is 3.74. The first-order valence-electron chi connectivity index (χ1n) is 6.49. The number of rotatable bonds is 5. The second-order valence-electron chi connectivity index (χ2n) is 4.44. The zero-order valence-corrected chi connectivity index (χ0v) is 11.5. The second kappa shape index (κ2) is 5.84. The summed E-state index contributed by atoms with van der Waals surface area (Å²) in [5, 5.41) is 15.7. The lowest BCUT2D eigenvalue weighted by molar-refractivity contribution is 0.210. The van der Waals surface area contributed by atoms with Crippen LogP contribution in [0.15, 0.2) is 36.4 Å². The molecule has 2 aromatic heterocycles. The van der Waals surface area contributed by atoms with E-state index in [-0.39, 0.29) is 5.82 Å². The smallest absolute Gasteiger partial charge is 0.185 e. The summed E-state index contributed by atoms with van der Waals surface area (Å²) < 4.78 is 19.6. The molecule has 3 rings (SSSR count). The Labute approximate surface area is 120 Å². The number of hydrogen-bond acceptors (Lipinski definition) is 5.